The maximum atomic E-state index is 7.10. The maximum absolute atomic E-state index is 7.10. The van der Waals surface area contributed by atoms with Crippen LogP contribution in [0.25, 0.3) is 0 Å². The highest BCUT2D eigenvalue weighted by atomic mass is 79.9. The molecule has 0 N–H and O–H groups in total. The lowest BCUT2D eigenvalue weighted by Gasteiger charge is -2.40. The van der Waals surface area contributed by atoms with E-state index >= 15 is 0 Å². The molecule has 0 saturated heterocycles. The number of hydrogen-bond donors (Lipinski definition) is 0. The average molecular weight is 512 g/mol. The molecule has 0 aromatic heterocycles. The zero-order valence-electron chi connectivity index (χ0n) is 16.7. The van der Waals surface area contributed by atoms with Crippen molar-refractivity contribution in [3.63, 3.8) is 0 Å². The Bertz CT molecular complexity index is 603. The fourth-order valence-corrected chi connectivity index (χ4v) is 7.38. The molecule has 0 bridgehead atoms. The fourth-order valence-electron chi connectivity index (χ4n) is 3.70. The van der Waals surface area contributed by atoms with Crippen LogP contribution in [0.4, 0.5) is 0 Å². The van der Waals surface area contributed by atoms with Crippen molar-refractivity contribution in [1.29, 1.82) is 0 Å². The monoisotopic (exact) mass is 510 g/mol. The second-order valence-electron chi connectivity index (χ2n) is 8.19. The molecule has 2 unspecified atom stereocenters. The molecule has 0 fully saturated rings. The summed E-state index contributed by atoms with van der Waals surface area (Å²) in [5, 5.41) is 4.80. The minimum Gasteiger partial charge on any atom is -0.407 e. The van der Waals surface area contributed by atoms with Crippen molar-refractivity contribution >= 4 is 51.3 Å². The van der Waals surface area contributed by atoms with E-state index in [2.05, 4.69) is 113 Å². The van der Waals surface area contributed by atoms with Crippen molar-refractivity contribution in [2.24, 2.45) is 11.3 Å². The highest BCUT2D eigenvalue weighted by molar-refractivity contribution is 9.09. The Morgan fingerprint density at radius 3 is 1.74 bits per heavy atom. The van der Waals surface area contributed by atoms with Gasteiger partial charge in [-0.25, -0.2) is 0 Å². The lowest BCUT2D eigenvalue weighted by Crippen LogP contribution is -2.51. The minimum absolute atomic E-state index is 0.105. The van der Waals surface area contributed by atoms with Crippen molar-refractivity contribution in [2.75, 3.05) is 10.7 Å². The van der Waals surface area contributed by atoms with Crippen LogP contribution in [0.5, 0.6) is 0 Å². The molecule has 27 heavy (non-hydrogen) atoms. The molecule has 0 amide bonds. The third kappa shape index (κ3) is 7.15. The molecule has 2 aromatic carbocycles. The topological polar surface area (TPSA) is 9.23 Å². The van der Waals surface area contributed by atoms with Crippen LogP contribution >= 0.6 is 31.9 Å². The van der Waals surface area contributed by atoms with Gasteiger partial charge in [-0.05, 0) is 41.0 Å². The third-order valence-electron chi connectivity index (χ3n) is 4.96. The van der Waals surface area contributed by atoms with E-state index in [0.717, 1.165) is 17.1 Å². The van der Waals surface area contributed by atoms with Crippen molar-refractivity contribution in [1.82, 2.24) is 0 Å². The van der Waals surface area contributed by atoms with E-state index in [9.17, 15) is 0 Å². The first-order valence-electron chi connectivity index (χ1n) is 9.84. The Morgan fingerprint density at radius 1 is 0.815 bits per heavy atom. The molecular weight excluding hydrogens is 480 g/mol. The summed E-state index contributed by atoms with van der Waals surface area (Å²) in [4.78, 5) is 0. The Hall–Kier alpha value is -0.423. The van der Waals surface area contributed by atoms with Crippen LogP contribution < -0.4 is 10.4 Å². The van der Waals surface area contributed by atoms with Gasteiger partial charge in [-0.15, -0.1) is 0 Å². The Morgan fingerprint density at radius 2 is 1.33 bits per heavy atom. The van der Waals surface area contributed by atoms with Crippen LogP contribution in [0.3, 0.4) is 0 Å². The van der Waals surface area contributed by atoms with Crippen molar-refractivity contribution in [2.45, 2.75) is 46.1 Å². The molecule has 4 heteroatoms. The predicted octanol–water partition coefficient (Wildman–Crippen LogP) is 5.53. The fraction of sp³-hybridized carbons (Fsp3) is 0.478. The largest absolute Gasteiger partial charge is 0.407 e. The number of benzene rings is 2. The SMILES string of the molecule is CC(C)(C)C(O[SiH](c1ccccc1)c1ccccc1)C(CCBr)CCCBr. The lowest BCUT2D eigenvalue weighted by molar-refractivity contribution is 0.0304. The molecule has 0 saturated carbocycles. The van der Waals surface area contributed by atoms with Gasteiger partial charge in [-0.2, -0.15) is 0 Å². The minimum atomic E-state index is -1.75. The van der Waals surface area contributed by atoms with Crippen molar-refractivity contribution < 1.29 is 4.43 Å². The lowest BCUT2D eigenvalue weighted by atomic mass is 9.78. The van der Waals surface area contributed by atoms with Gasteiger partial charge in [0.2, 0.25) is 9.04 Å². The summed E-state index contributed by atoms with van der Waals surface area (Å²) < 4.78 is 7.10. The summed E-state index contributed by atoms with van der Waals surface area (Å²) in [6, 6.07) is 21.7. The Kier molecular flexibility index (Phi) is 9.78. The van der Waals surface area contributed by atoms with E-state index in [-0.39, 0.29) is 11.5 Å². The van der Waals surface area contributed by atoms with Crippen LogP contribution in [-0.2, 0) is 4.43 Å². The molecule has 0 heterocycles. The van der Waals surface area contributed by atoms with Crippen LogP contribution in [0, 0.1) is 11.3 Å². The Labute approximate surface area is 183 Å². The highest BCUT2D eigenvalue weighted by Gasteiger charge is 2.35. The number of halogens is 2. The molecule has 0 spiro atoms. The molecule has 2 rings (SSSR count). The maximum Gasteiger partial charge on any atom is 0.240 e. The molecular formula is C23H32Br2OSi. The quantitative estimate of drug-likeness (QED) is 0.301. The molecule has 2 atom stereocenters. The van der Waals surface area contributed by atoms with Gasteiger partial charge >= 0.3 is 0 Å². The first-order chi connectivity index (χ1) is 13.0. The summed E-state index contributed by atoms with van der Waals surface area (Å²) in [6.07, 6.45) is 3.78. The van der Waals surface area contributed by atoms with Crippen LogP contribution in [-0.4, -0.2) is 25.8 Å². The van der Waals surface area contributed by atoms with E-state index < -0.39 is 9.04 Å². The number of hydrogen-bond acceptors (Lipinski definition) is 1. The second-order valence-corrected chi connectivity index (χ2v) is 12.1. The van der Waals surface area contributed by atoms with Gasteiger partial charge in [0.1, 0.15) is 0 Å². The van der Waals surface area contributed by atoms with Crippen LogP contribution in [0.1, 0.15) is 40.0 Å². The highest BCUT2D eigenvalue weighted by Crippen LogP contribution is 2.34. The van der Waals surface area contributed by atoms with E-state index in [1.165, 1.54) is 23.2 Å². The molecule has 148 valence electrons. The summed E-state index contributed by atoms with van der Waals surface area (Å²) in [5.41, 5.74) is 0.105. The van der Waals surface area contributed by atoms with E-state index in [4.69, 9.17) is 4.43 Å². The van der Waals surface area contributed by atoms with Gasteiger partial charge in [0, 0.05) is 10.7 Å². The third-order valence-corrected chi connectivity index (χ3v) is 8.52. The smallest absolute Gasteiger partial charge is 0.240 e. The van der Waals surface area contributed by atoms with Gasteiger partial charge in [-0.1, -0.05) is 113 Å². The zero-order valence-corrected chi connectivity index (χ0v) is 21.0. The summed E-state index contributed by atoms with van der Waals surface area (Å²) in [6.45, 7) is 6.98. The molecule has 1 nitrogen and oxygen atoms in total. The van der Waals surface area contributed by atoms with E-state index in [1.54, 1.807) is 0 Å². The number of rotatable bonds is 10. The van der Waals surface area contributed by atoms with Crippen molar-refractivity contribution in [3.8, 4) is 0 Å². The summed E-state index contributed by atoms with van der Waals surface area (Å²) >= 11 is 7.29. The van der Waals surface area contributed by atoms with Gasteiger partial charge in [0.05, 0.1) is 6.10 Å². The first-order valence-corrected chi connectivity index (χ1v) is 13.7. The standard InChI is InChI=1S/C23H32Br2OSi/c1-23(2,3)22(19(16-18-25)11-10-17-24)26-27(20-12-6-4-7-13-20)21-14-8-5-9-15-21/h4-9,12-15,19,22,27H,10-11,16-18H2,1-3H3. The van der Waals surface area contributed by atoms with Gasteiger partial charge in [-0.3, -0.25) is 0 Å². The molecule has 2 aromatic rings. The molecule has 0 radical (unpaired) electrons. The summed E-state index contributed by atoms with van der Waals surface area (Å²) in [7, 11) is -1.75. The average Bonchev–Trinajstić information content (AvgIpc) is 2.67. The first kappa shape index (κ1) is 22.9. The number of alkyl halides is 2. The van der Waals surface area contributed by atoms with Gasteiger partial charge in [0.25, 0.3) is 0 Å². The van der Waals surface area contributed by atoms with E-state index in [1.807, 2.05) is 0 Å². The van der Waals surface area contributed by atoms with Crippen LogP contribution in [0.15, 0.2) is 60.7 Å². The zero-order chi connectivity index (χ0) is 19.7. The molecule has 0 aliphatic carbocycles. The van der Waals surface area contributed by atoms with Crippen molar-refractivity contribution in [3.05, 3.63) is 60.7 Å². The van der Waals surface area contributed by atoms with Gasteiger partial charge < -0.3 is 4.43 Å². The normalized spacial score (nSPS) is 14.3. The molecule has 0 aliphatic rings. The second kappa shape index (κ2) is 11.5. The van der Waals surface area contributed by atoms with Crippen LogP contribution in [0.2, 0.25) is 0 Å². The summed E-state index contributed by atoms with van der Waals surface area (Å²) in [5.74, 6) is 0.560. The Balaban J connectivity index is 2.37. The van der Waals surface area contributed by atoms with Gasteiger partial charge in [0.15, 0.2) is 0 Å². The van der Waals surface area contributed by atoms with E-state index in [0.29, 0.717) is 5.92 Å². The molecule has 0 aliphatic heterocycles. The predicted molar refractivity (Wildman–Crippen MR) is 129 cm³/mol.